The molecule has 1 aromatic carbocycles. The van der Waals surface area contributed by atoms with Crippen molar-refractivity contribution in [2.45, 2.75) is 46.6 Å². The SMILES string of the molecule is CC.CC.OC1CCc2ccccc21. The smallest absolute Gasteiger partial charge is 0.0795 e. The summed E-state index contributed by atoms with van der Waals surface area (Å²) in [6.07, 6.45) is 1.74. The second kappa shape index (κ2) is 7.57. The van der Waals surface area contributed by atoms with Gasteiger partial charge in [0, 0.05) is 0 Å². The van der Waals surface area contributed by atoms with Gasteiger partial charge in [-0.2, -0.15) is 0 Å². The standard InChI is InChI=1S/C9H10O.2C2H6/c10-9-6-5-7-3-1-2-4-8(7)9;2*1-2/h1-4,9-10H,5-6H2;2*1-2H3. The van der Waals surface area contributed by atoms with E-state index in [4.69, 9.17) is 0 Å². The Hall–Kier alpha value is -0.820. The topological polar surface area (TPSA) is 20.2 Å². The highest BCUT2D eigenvalue weighted by molar-refractivity contribution is 5.32. The Labute approximate surface area is 87.8 Å². The van der Waals surface area contributed by atoms with Crippen LogP contribution in [0.25, 0.3) is 0 Å². The molecule has 1 N–H and O–H groups in total. The predicted octanol–water partition coefficient (Wildman–Crippen LogP) is 3.72. The third kappa shape index (κ3) is 3.15. The van der Waals surface area contributed by atoms with Crippen LogP contribution in [0.4, 0.5) is 0 Å². The van der Waals surface area contributed by atoms with Crippen molar-refractivity contribution >= 4 is 0 Å². The summed E-state index contributed by atoms with van der Waals surface area (Å²) in [6.45, 7) is 8.00. The molecule has 0 amide bonds. The van der Waals surface area contributed by atoms with Gasteiger partial charge in [0.1, 0.15) is 0 Å². The van der Waals surface area contributed by atoms with E-state index in [2.05, 4.69) is 6.07 Å². The van der Waals surface area contributed by atoms with Crippen molar-refractivity contribution in [3.8, 4) is 0 Å². The Bertz CT molecular complexity index is 243. The van der Waals surface area contributed by atoms with Crippen molar-refractivity contribution in [1.82, 2.24) is 0 Å². The van der Waals surface area contributed by atoms with Gasteiger partial charge < -0.3 is 5.11 Å². The average molecular weight is 194 g/mol. The van der Waals surface area contributed by atoms with Crippen LogP contribution in [0.5, 0.6) is 0 Å². The van der Waals surface area contributed by atoms with Gasteiger partial charge in [0.05, 0.1) is 6.10 Å². The molecule has 0 radical (unpaired) electrons. The number of aryl methyl sites for hydroxylation is 1. The number of aliphatic hydroxyl groups is 1. The molecule has 0 aromatic heterocycles. The molecule has 1 aliphatic rings. The molecule has 80 valence electrons. The largest absolute Gasteiger partial charge is 0.388 e. The Morgan fingerprint density at radius 2 is 1.64 bits per heavy atom. The van der Waals surface area contributed by atoms with Crippen LogP contribution in [0.15, 0.2) is 24.3 Å². The van der Waals surface area contributed by atoms with E-state index in [9.17, 15) is 5.11 Å². The van der Waals surface area contributed by atoms with Crippen LogP contribution in [0.1, 0.15) is 51.3 Å². The number of aliphatic hydroxyl groups excluding tert-OH is 1. The maximum Gasteiger partial charge on any atom is 0.0795 e. The third-order valence-corrected chi connectivity index (χ3v) is 2.10. The van der Waals surface area contributed by atoms with Gasteiger partial charge >= 0.3 is 0 Å². The van der Waals surface area contributed by atoms with Crippen LogP contribution in [-0.4, -0.2) is 5.11 Å². The summed E-state index contributed by atoms with van der Waals surface area (Å²) < 4.78 is 0. The first-order valence-corrected chi connectivity index (χ1v) is 5.64. The van der Waals surface area contributed by atoms with Crippen molar-refractivity contribution in [2.24, 2.45) is 0 Å². The van der Waals surface area contributed by atoms with Crippen LogP contribution < -0.4 is 0 Å². The van der Waals surface area contributed by atoms with Crippen molar-refractivity contribution in [1.29, 1.82) is 0 Å². The van der Waals surface area contributed by atoms with E-state index in [0.29, 0.717) is 0 Å². The lowest BCUT2D eigenvalue weighted by Gasteiger charge is -2.00. The van der Waals surface area contributed by atoms with Crippen molar-refractivity contribution < 1.29 is 5.11 Å². The van der Waals surface area contributed by atoms with Gasteiger partial charge in [-0.3, -0.25) is 0 Å². The first-order chi connectivity index (χ1) is 6.88. The van der Waals surface area contributed by atoms with Gasteiger partial charge in [-0.1, -0.05) is 52.0 Å². The van der Waals surface area contributed by atoms with Crippen LogP contribution >= 0.6 is 0 Å². The Balaban J connectivity index is 0.000000379. The zero-order valence-corrected chi connectivity index (χ0v) is 9.75. The summed E-state index contributed by atoms with van der Waals surface area (Å²) in [6, 6.07) is 8.10. The van der Waals surface area contributed by atoms with E-state index < -0.39 is 0 Å². The van der Waals surface area contributed by atoms with E-state index in [1.54, 1.807) is 0 Å². The van der Waals surface area contributed by atoms with Crippen molar-refractivity contribution in [3.05, 3.63) is 35.4 Å². The summed E-state index contributed by atoms with van der Waals surface area (Å²) in [4.78, 5) is 0. The van der Waals surface area contributed by atoms with E-state index in [1.807, 2.05) is 45.9 Å². The fourth-order valence-electron chi connectivity index (χ4n) is 1.53. The van der Waals surface area contributed by atoms with Crippen LogP contribution in [0, 0.1) is 0 Å². The molecule has 2 rings (SSSR count). The normalized spacial score (nSPS) is 17.1. The second-order valence-electron chi connectivity index (χ2n) is 2.75. The van der Waals surface area contributed by atoms with Crippen LogP contribution in [0.2, 0.25) is 0 Å². The van der Waals surface area contributed by atoms with Gasteiger partial charge in [-0.25, -0.2) is 0 Å². The van der Waals surface area contributed by atoms with Gasteiger partial charge in [0.2, 0.25) is 0 Å². The molecule has 0 fully saturated rings. The molecule has 1 aliphatic carbocycles. The monoisotopic (exact) mass is 194 g/mol. The lowest BCUT2D eigenvalue weighted by molar-refractivity contribution is 0.180. The van der Waals surface area contributed by atoms with Gasteiger partial charge in [0.15, 0.2) is 0 Å². The van der Waals surface area contributed by atoms with Crippen LogP contribution in [0.3, 0.4) is 0 Å². The quantitative estimate of drug-likeness (QED) is 0.667. The van der Waals surface area contributed by atoms with Gasteiger partial charge in [-0.05, 0) is 24.0 Å². The summed E-state index contributed by atoms with van der Waals surface area (Å²) in [5, 5.41) is 9.38. The molecule has 1 unspecified atom stereocenters. The number of benzene rings is 1. The van der Waals surface area contributed by atoms with Crippen LogP contribution in [-0.2, 0) is 6.42 Å². The molecule has 1 nitrogen and oxygen atoms in total. The van der Waals surface area contributed by atoms with Gasteiger partial charge in [0.25, 0.3) is 0 Å². The van der Waals surface area contributed by atoms with E-state index in [-0.39, 0.29) is 6.10 Å². The summed E-state index contributed by atoms with van der Waals surface area (Å²) in [5.74, 6) is 0. The zero-order valence-electron chi connectivity index (χ0n) is 9.75. The molecule has 0 saturated carbocycles. The number of hydrogen-bond acceptors (Lipinski definition) is 1. The summed E-state index contributed by atoms with van der Waals surface area (Å²) >= 11 is 0. The molecule has 1 aromatic rings. The molecular weight excluding hydrogens is 172 g/mol. The molecular formula is C13H22O. The van der Waals surface area contributed by atoms with Crippen molar-refractivity contribution in [3.63, 3.8) is 0 Å². The molecule has 0 heterocycles. The fourth-order valence-corrected chi connectivity index (χ4v) is 1.53. The number of rotatable bonds is 0. The molecule has 1 atom stereocenters. The highest BCUT2D eigenvalue weighted by atomic mass is 16.3. The molecule has 0 saturated heterocycles. The highest BCUT2D eigenvalue weighted by Crippen LogP contribution is 2.29. The summed E-state index contributed by atoms with van der Waals surface area (Å²) in [5.41, 5.74) is 2.44. The molecule has 14 heavy (non-hydrogen) atoms. The van der Waals surface area contributed by atoms with Crippen molar-refractivity contribution in [2.75, 3.05) is 0 Å². The average Bonchev–Trinajstić information content (AvgIpc) is 2.67. The second-order valence-corrected chi connectivity index (χ2v) is 2.75. The zero-order chi connectivity index (χ0) is 11.0. The minimum atomic E-state index is -0.198. The first kappa shape index (κ1) is 13.2. The van der Waals surface area contributed by atoms with Gasteiger partial charge in [-0.15, -0.1) is 0 Å². The summed E-state index contributed by atoms with van der Waals surface area (Å²) in [7, 11) is 0. The number of fused-ring (bicyclic) bond motifs is 1. The lowest BCUT2D eigenvalue weighted by atomic mass is 10.1. The minimum absolute atomic E-state index is 0.198. The van der Waals surface area contributed by atoms with E-state index >= 15 is 0 Å². The lowest BCUT2D eigenvalue weighted by Crippen LogP contribution is -1.88. The molecule has 1 heteroatoms. The first-order valence-electron chi connectivity index (χ1n) is 5.64. The molecule has 0 spiro atoms. The maximum atomic E-state index is 9.38. The molecule has 0 aliphatic heterocycles. The Morgan fingerprint density at radius 1 is 1.07 bits per heavy atom. The van der Waals surface area contributed by atoms with E-state index in [0.717, 1.165) is 18.4 Å². The molecule has 0 bridgehead atoms. The Morgan fingerprint density at radius 3 is 2.21 bits per heavy atom. The van der Waals surface area contributed by atoms with E-state index in [1.165, 1.54) is 5.56 Å². The predicted molar refractivity (Wildman–Crippen MR) is 62.4 cm³/mol. The number of hydrogen-bond donors (Lipinski definition) is 1. The highest BCUT2D eigenvalue weighted by Gasteiger charge is 2.18. The maximum absolute atomic E-state index is 9.38. The fraction of sp³-hybridized carbons (Fsp3) is 0.538. The Kier molecular flexibility index (Phi) is 7.13. The third-order valence-electron chi connectivity index (χ3n) is 2.10. The minimum Gasteiger partial charge on any atom is -0.388 e.